The zero-order valence-corrected chi connectivity index (χ0v) is 11.1. The molecule has 3 N–H and O–H groups in total. The number of rotatable bonds is 4. The second-order valence-corrected chi connectivity index (χ2v) is 5.73. The number of aromatic nitrogens is 2. The smallest absolute Gasteiger partial charge is 0.132 e. The third-order valence-corrected chi connectivity index (χ3v) is 4.29. The Morgan fingerprint density at radius 1 is 1.47 bits per heavy atom. The van der Waals surface area contributed by atoms with Gasteiger partial charge in [0.1, 0.15) is 17.5 Å². The van der Waals surface area contributed by atoms with Gasteiger partial charge in [0, 0.05) is 24.3 Å². The molecule has 4 nitrogen and oxygen atoms in total. The molecule has 0 saturated carbocycles. The predicted molar refractivity (Wildman–Crippen MR) is 74.4 cm³/mol. The van der Waals surface area contributed by atoms with Gasteiger partial charge in [0.25, 0.3) is 0 Å². The summed E-state index contributed by atoms with van der Waals surface area (Å²) in [6.07, 6.45) is 4.84. The van der Waals surface area contributed by atoms with Gasteiger partial charge in [-0.1, -0.05) is 13.3 Å². The summed E-state index contributed by atoms with van der Waals surface area (Å²) in [5.74, 6) is 3.51. The van der Waals surface area contributed by atoms with Crippen LogP contribution in [0.1, 0.15) is 32.0 Å². The lowest BCUT2D eigenvalue weighted by Crippen LogP contribution is -2.20. The Labute approximate surface area is 107 Å². The van der Waals surface area contributed by atoms with E-state index in [0.717, 1.165) is 24.6 Å². The number of anilines is 2. The van der Waals surface area contributed by atoms with Gasteiger partial charge in [-0.05, 0) is 18.6 Å². The maximum atomic E-state index is 5.75. The average Bonchev–Trinajstić information content (AvgIpc) is 2.37. The van der Waals surface area contributed by atoms with Gasteiger partial charge in [-0.25, -0.2) is 9.97 Å². The van der Waals surface area contributed by atoms with Crippen molar-refractivity contribution in [1.82, 2.24) is 9.97 Å². The summed E-state index contributed by atoms with van der Waals surface area (Å²) < 4.78 is 0. The van der Waals surface area contributed by atoms with Crippen LogP contribution < -0.4 is 11.1 Å². The molecule has 1 aromatic rings. The van der Waals surface area contributed by atoms with Gasteiger partial charge in [-0.2, -0.15) is 11.8 Å². The second kappa shape index (κ2) is 6.10. The summed E-state index contributed by atoms with van der Waals surface area (Å²) in [5, 5.41) is 4.09. The molecule has 0 aliphatic carbocycles. The van der Waals surface area contributed by atoms with Gasteiger partial charge < -0.3 is 11.1 Å². The van der Waals surface area contributed by atoms with Crippen molar-refractivity contribution in [2.24, 2.45) is 0 Å². The molecule has 0 spiro atoms. The summed E-state index contributed by atoms with van der Waals surface area (Å²) >= 11 is 2.06. The van der Waals surface area contributed by atoms with Gasteiger partial charge in [0.05, 0.1) is 0 Å². The first-order valence-corrected chi connectivity index (χ1v) is 7.31. The normalized spacial score (nSPS) is 20.2. The molecule has 1 unspecified atom stereocenters. The van der Waals surface area contributed by atoms with E-state index < -0.39 is 0 Å². The Balaban J connectivity index is 1.91. The molecule has 2 rings (SSSR count). The fraction of sp³-hybridized carbons (Fsp3) is 0.667. The van der Waals surface area contributed by atoms with Crippen LogP contribution in [0.15, 0.2) is 6.07 Å². The van der Waals surface area contributed by atoms with Gasteiger partial charge in [0.15, 0.2) is 0 Å². The van der Waals surface area contributed by atoms with E-state index in [-0.39, 0.29) is 0 Å². The Hall–Kier alpha value is -0.970. The first kappa shape index (κ1) is 12.5. The van der Waals surface area contributed by atoms with E-state index in [1.165, 1.54) is 25.0 Å². The molecule has 1 aliphatic heterocycles. The van der Waals surface area contributed by atoms with Crippen LogP contribution in [0.2, 0.25) is 0 Å². The van der Waals surface area contributed by atoms with E-state index in [4.69, 9.17) is 5.73 Å². The Morgan fingerprint density at radius 3 is 3.06 bits per heavy atom. The van der Waals surface area contributed by atoms with Gasteiger partial charge in [0.2, 0.25) is 0 Å². The number of nitrogen functional groups attached to an aromatic ring is 1. The summed E-state index contributed by atoms with van der Waals surface area (Å²) in [6.45, 7) is 3.01. The number of hydrogen-bond donors (Lipinski definition) is 2. The third-order valence-electron chi connectivity index (χ3n) is 2.89. The molecule has 0 bridgehead atoms. The first-order chi connectivity index (χ1) is 8.28. The topological polar surface area (TPSA) is 63.8 Å². The molecular formula is C12H20N4S. The van der Waals surface area contributed by atoms with Crippen LogP contribution in [0.25, 0.3) is 0 Å². The van der Waals surface area contributed by atoms with Gasteiger partial charge in [-0.15, -0.1) is 0 Å². The molecule has 5 heteroatoms. The molecule has 0 aromatic carbocycles. The monoisotopic (exact) mass is 252 g/mol. The van der Waals surface area contributed by atoms with E-state index in [1.807, 2.05) is 13.0 Å². The van der Waals surface area contributed by atoms with Gasteiger partial charge >= 0.3 is 0 Å². The molecule has 1 fully saturated rings. The first-order valence-electron chi connectivity index (χ1n) is 6.27. The van der Waals surface area contributed by atoms with Crippen molar-refractivity contribution in [2.75, 3.05) is 23.3 Å². The fourth-order valence-electron chi connectivity index (χ4n) is 1.95. The molecule has 2 heterocycles. The number of hydrogen-bond acceptors (Lipinski definition) is 5. The maximum absolute atomic E-state index is 5.75. The quantitative estimate of drug-likeness (QED) is 0.861. The van der Waals surface area contributed by atoms with Crippen LogP contribution >= 0.6 is 11.8 Å². The van der Waals surface area contributed by atoms with Gasteiger partial charge in [-0.3, -0.25) is 0 Å². The van der Waals surface area contributed by atoms with Crippen LogP contribution in [0.3, 0.4) is 0 Å². The Morgan fingerprint density at radius 2 is 2.35 bits per heavy atom. The molecule has 17 heavy (non-hydrogen) atoms. The zero-order chi connectivity index (χ0) is 12.1. The molecule has 0 radical (unpaired) electrons. The van der Waals surface area contributed by atoms with Crippen molar-refractivity contribution in [1.29, 1.82) is 0 Å². The number of thioether (sulfide) groups is 1. The average molecular weight is 252 g/mol. The third kappa shape index (κ3) is 3.77. The van der Waals surface area contributed by atoms with E-state index in [0.29, 0.717) is 11.1 Å². The van der Waals surface area contributed by atoms with E-state index in [2.05, 4.69) is 27.0 Å². The van der Waals surface area contributed by atoms with E-state index >= 15 is 0 Å². The molecule has 1 aromatic heterocycles. The van der Waals surface area contributed by atoms with Crippen molar-refractivity contribution in [3.8, 4) is 0 Å². The lowest BCUT2D eigenvalue weighted by Gasteiger charge is -2.21. The summed E-state index contributed by atoms with van der Waals surface area (Å²) in [4.78, 5) is 8.59. The molecule has 1 saturated heterocycles. The Kier molecular flexibility index (Phi) is 4.48. The van der Waals surface area contributed by atoms with Crippen LogP contribution in [0.5, 0.6) is 0 Å². The highest BCUT2D eigenvalue weighted by atomic mass is 32.2. The lowest BCUT2D eigenvalue weighted by atomic mass is 10.2. The summed E-state index contributed by atoms with van der Waals surface area (Å²) in [6, 6.07) is 1.81. The number of aryl methyl sites for hydroxylation is 1. The number of nitrogens with two attached hydrogens (primary N) is 1. The molecule has 1 aliphatic rings. The minimum atomic E-state index is 0.552. The number of nitrogens with one attached hydrogen (secondary N) is 1. The van der Waals surface area contributed by atoms with E-state index in [9.17, 15) is 0 Å². The van der Waals surface area contributed by atoms with Crippen molar-refractivity contribution in [3.63, 3.8) is 0 Å². The largest absolute Gasteiger partial charge is 0.384 e. The second-order valence-electron chi connectivity index (χ2n) is 4.32. The SMILES string of the molecule is CCc1nc(N)cc(NCC2CCCCS2)n1. The summed E-state index contributed by atoms with van der Waals surface area (Å²) in [5.41, 5.74) is 5.75. The highest BCUT2D eigenvalue weighted by Crippen LogP contribution is 2.25. The van der Waals surface area contributed by atoms with Crippen molar-refractivity contribution in [2.45, 2.75) is 37.9 Å². The molecule has 94 valence electrons. The van der Waals surface area contributed by atoms with Crippen LogP contribution in [0, 0.1) is 0 Å². The van der Waals surface area contributed by atoms with Crippen molar-refractivity contribution < 1.29 is 0 Å². The molecular weight excluding hydrogens is 232 g/mol. The lowest BCUT2D eigenvalue weighted by molar-refractivity contribution is 0.676. The zero-order valence-electron chi connectivity index (χ0n) is 10.3. The van der Waals surface area contributed by atoms with Crippen molar-refractivity contribution in [3.05, 3.63) is 11.9 Å². The van der Waals surface area contributed by atoms with Crippen LogP contribution in [-0.2, 0) is 6.42 Å². The highest BCUT2D eigenvalue weighted by Gasteiger charge is 2.13. The minimum absolute atomic E-state index is 0.552. The number of nitrogens with zero attached hydrogens (tertiary/aromatic N) is 2. The maximum Gasteiger partial charge on any atom is 0.132 e. The van der Waals surface area contributed by atoms with Crippen molar-refractivity contribution >= 4 is 23.4 Å². The Bertz CT molecular complexity index is 364. The van der Waals surface area contributed by atoms with Crippen LogP contribution in [-0.4, -0.2) is 27.5 Å². The molecule has 0 amide bonds. The minimum Gasteiger partial charge on any atom is -0.384 e. The molecule has 1 atom stereocenters. The predicted octanol–water partition coefficient (Wildman–Crippen LogP) is 2.32. The van der Waals surface area contributed by atoms with Crippen LogP contribution in [0.4, 0.5) is 11.6 Å². The summed E-state index contributed by atoms with van der Waals surface area (Å²) in [7, 11) is 0. The standard InChI is InChI=1S/C12H20N4S/c1-2-11-15-10(13)7-12(16-11)14-8-9-5-3-4-6-17-9/h7,9H,2-6,8H2,1H3,(H3,13,14,15,16). The highest BCUT2D eigenvalue weighted by molar-refractivity contribution is 7.99. The van der Waals surface area contributed by atoms with E-state index in [1.54, 1.807) is 0 Å². The fourth-order valence-corrected chi connectivity index (χ4v) is 3.19.